The number of fused-ring (bicyclic) bond motifs is 1. The van der Waals surface area contributed by atoms with E-state index in [-0.39, 0.29) is 16.3 Å². The van der Waals surface area contributed by atoms with Gasteiger partial charge in [0.25, 0.3) is 11.5 Å². The highest BCUT2D eigenvalue weighted by Gasteiger charge is 2.10. The van der Waals surface area contributed by atoms with E-state index in [0.717, 1.165) is 10.0 Å². The van der Waals surface area contributed by atoms with Gasteiger partial charge in [0.2, 0.25) is 0 Å². The second-order valence-electron chi connectivity index (χ2n) is 5.26. The lowest BCUT2D eigenvalue weighted by Gasteiger charge is -2.04. The Bertz CT molecular complexity index is 1040. The highest BCUT2D eigenvalue weighted by atomic mass is 79.9. The van der Waals surface area contributed by atoms with Gasteiger partial charge in [0.1, 0.15) is 10.8 Å². The molecule has 0 aliphatic rings. The quantitative estimate of drug-likeness (QED) is 0.402. The van der Waals surface area contributed by atoms with Crippen LogP contribution in [0.25, 0.3) is 5.65 Å². The van der Waals surface area contributed by atoms with Crippen molar-refractivity contribution < 1.29 is 4.79 Å². The van der Waals surface area contributed by atoms with E-state index in [1.54, 1.807) is 36.5 Å². The van der Waals surface area contributed by atoms with E-state index < -0.39 is 5.91 Å². The van der Waals surface area contributed by atoms with Crippen molar-refractivity contribution in [1.29, 1.82) is 0 Å². The smallest absolute Gasteiger partial charge is 0.268 e. The molecule has 6 nitrogen and oxygen atoms in total. The number of rotatable bonds is 3. The fraction of sp³-hybridized carbons (Fsp3) is 0.0588. The van der Waals surface area contributed by atoms with E-state index in [1.807, 2.05) is 13.0 Å². The zero-order chi connectivity index (χ0) is 18.0. The van der Waals surface area contributed by atoms with Crippen molar-refractivity contribution >= 4 is 45.3 Å². The monoisotopic (exact) mass is 418 g/mol. The lowest BCUT2D eigenvalue weighted by molar-refractivity contribution is 0.0955. The molecule has 0 bridgehead atoms. The van der Waals surface area contributed by atoms with E-state index >= 15 is 0 Å². The number of nitrogens with zero attached hydrogens (tertiary/aromatic N) is 3. The largest absolute Gasteiger partial charge is 0.271 e. The molecule has 2 aromatic heterocycles. The Morgan fingerprint density at radius 3 is 2.72 bits per heavy atom. The van der Waals surface area contributed by atoms with Crippen LogP contribution in [0.4, 0.5) is 0 Å². The molecule has 0 spiro atoms. The van der Waals surface area contributed by atoms with Crippen LogP contribution < -0.4 is 11.0 Å². The number of aromatic nitrogens is 2. The highest BCUT2D eigenvalue weighted by molar-refractivity contribution is 9.10. The molecule has 0 unspecified atom stereocenters. The topological polar surface area (TPSA) is 75.8 Å². The van der Waals surface area contributed by atoms with Gasteiger partial charge in [-0.05, 0) is 42.8 Å². The molecule has 0 saturated heterocycles. The number of carbonyl (C=O) groups excluding carboxylic acids is 1. The molecule has 126 valence electrons. The number of pyridine rings is 1. The van der Waals surface area contributed by atoms with Crippen LogP contribution in [0.2, 0.25) is 5.15 Å². The van der Waals surface area contributed by atoms with Crippen LogP contribution in [0.15, 0.2) is 57.0 Å². The fourth-order valence-corrected chi connectivity index (χ4v) is 2.64. The number of amides is 1. The first-order chi connectivity index (χ1) is 12.0. The van der Waals surface area contributed by atoms with E-state index in [0.29, 0.717) is 11.2 Å². The van der Waals surface area contributed by atoms with Crippen LogP contribution in [-0.4, -0.2) is 21.5 Å². The molecule has 3 rings (SSSR count). The maximum atomic E-state index is 12.5. The summed E-state index contributed by atoms with van der Waals surface area (Å²) in [5.41, 5.74) is 3.89. The lowest BCUT2D eigenvalue weighted by atomic mass is 10.2. The fourth-order valence-electron chi connectivity index (χ4n) is 2.16. The number of benzene rings is 1. The Balaban J connectivity index is 1.87. The zero-order valence-corrected chi connectivity index (χ0v) is 15.4. The number of hydrogen-bond acceptors (Lipinski definition) is 4. The predicted molar refractivity (Wildman–Crippen MR) is 100 cm³/mol. The molecule has 3 aromatic rings. The average Bonchev–Trinajstić information content (AvgIpc) is 2.59. The van der Waals surface area contributed by atoms with Gasteiger partial charge in [-0.2, -0.15) is 5.10 Å². The van der Waals surface area contributed by atoms with Gasteiger partial charge < -0.3 is 0 Å². The first-order valence-corrected chi connectivity index (χ1v) is 8.40. The van der Waals surface area contributed by atoms with Crippen LogP contribution in [0.3, 0.4) is 0 Å². The SMILES string of the molecule is Cc1ccc2nc(Cl)c(C=NNC(=O)c3ccc(Br)cc3)c(=O)n2c1. The Hall–Kier alpha value is -2.51. The molecule has 8 heteroatoms. The highest BCUT2D eigenvalue weighted by Crippen LogP contribution is 2.11. The van der Waals surface area contributed by atoms with Crippen molar-refractivity contribution in [3.8, 4) is 0 Å². The van der Waals surface area contributed by atoms with Gasteiger partial charge in [-0.15, -0.1) is 0 Å². The third-order valence-corrected chi connectivity index (χ3v) is 4.24. The molecule has 0 radical (unpaired) electrons. The lowest BCUT2D eigenvalue weighted by Crippen LogP contribution is -2.22. The summed E-state index contributed by atoms with van der Waals surface area (Å²) < 4.78 is 2.25. The molecule has 1 N–H and O–H groups in total. The molecule has 25 heavy (non-hydrogen) atoms. The maximum Gasteiger partial charge on any atom is 0.271 e. The summed E-state index contributed by atoms with van der Waals surface area (Å²) >= 11 is 9.36. The molecule has 0 aliphatic carbocycles. The number of nitrogens with one attached hydrogen (secondary N) is 1. The van der Waals surface area contributed by atoms with Gasteiger partial charge in [0.05, 0.1) is 11.8 Å². The van der Waals surface area contributed by atoms with Crippen LogP contribution in [0, 0.1) is 6.92 Å². The maximum absolute atomic E-state index is 12.5. The summed E-state index contributed by atoms with van der Waals surface area (Å²) in [5, 5.41) is 3.84. The number of hydrogen-bond donors (Lipinski definition) is 1. The Morgan fingerprint density at radius 2 is 2.00 bits per heavy atom. The van der Waals surface area contributed by atoms with E-state index in [2.05, 4.69) is 31.4 Å². The minimum Gasteiger partial charge on any atom is -0.268 e. The van der Waals surface area contributed by atoms with Gasteiger partial charge in [-0.3, -0.25) is 14.0 Å². The summed E-state index contributed by atoms with van der Waals surface area (Å²) in [6.07, 6.45) is 2.86. The molecule has 2 heterocycles. The third-order valence-electron chi connectivity index (χ3n) is 3.43. The Kier molecular flexibility index (Phi) is 4.96. The van der Waals surface area contributed by atoms with Crippen LogP contribution in [0.5, 0.6) is 0 Å². The summed E-state index contributed by atoms with van der Waals surface area (Å²) in [4.78, 5) is 28.7. The molecule has 0 aliphatic heterocycles. The summed E-state index contributed by atoms with van der Waals surface area (Å²) in [6.45, 7) is 1.87. The van der Waals surface area contributed by atoms with E-state index in [9.17, 15) is 9.59 Å². The summed E-state index contributed by atoms with van der Waals surface area (Å²) in [7, 11) is 0. The van der Waals surface area contributed by atoms with Crippen molar-refractivity contribution in [2.75, 3.05) is 0 Å². The standard InChI is InChI=1S/C17H12BrClN4O2/c1-10-2-7-14-21-15(19)13(17(25)23(14)9-10)8-20-22-16(24)11-3-5-12(18)6-4-11/h2-9H,1H3,(H,22,24). The predicted octanol–water partition coefficient (Wildman–Crippen LogP) is 3.18. The molecule has 0 fully saturated rings. The number of aryl methyl sites for hydroxylation is 1. The molecule has 0 atom stereocenters. The summed E-state index contributed by atoms with van der Waals surface area (Å²) in [6, 6.07) is 10.3. The average molecular weight is 420 g/mol. The minimum atomic E-state index is -0.399. The van der Waals surface area contributed by atoms with Gasteiger partial charge in [-0.25, -0.2) is 10.4 Å². The molecular formula is C17H12BrClN4O2. The van der Waals surface area contributed by atoms with Crippen molar-refractivity contribution in [2.45, 2.75) is 6.92 Å². The number of halogens is 2. The Labute approximate surface area is 156 Å². The van der Waals surface area contributed by atoms with Gasteiger partial charge in [-0.1, -0.05) is 33.6 Å². The first kappa shape index (κ1) is 17.3. The van der Waals surface area contributed by atoms with Crippen LogP contribution in [-0.2, 0) is 0 Å². The number of hydrazone groups is 1. The van der Waals surface area contributed by atoms with Crippen molar-refractivity contribution in [2.24, 2.45) is 5.10 Å². The molecule has 0 saturated carbocycles. The molecule has 1 amide bonds. The third kappa shape index (κ3) is 3.78. The normalized spacial score (nSPS) is 11.2. The molecule has 1 aromatic carbocycles. The zero-order valence-electron chi connectivity index (χ0n) is 13.0. The van der Waals surface area contributed by atoms with Gasteiger partial charge in [0, 0.05) is 16.2 Å². The van der Waals surface area contributed by atoms with Gasteiger partial charge >= 0.3 is 0 Å². The van der Waals surface area contributed by atoms with Gasteiger partial charge in [0.15, 0.2) is 0 Å². The van der Waals surface area contributed by atoms with E-state index in [4.69, 9.17) is 11.6 Å². The van der Waals surface area contributed by atoms with Crippen molar-refractivity contribution in [3.05, 3.63) is 79.3 Å². The first-order valence-electron chi connectivity index (χ1n) is 7.23. The molecular weight excluding hydrogens is 408 g/mol. The second-order valence-corrected chi connectivity index (χ2v) is 6.54. The summed E-state index contributed by atoms with van der Waals surface area (Å²) in [5.74, 6) is -0.399. The van der Waals surface area contributed by atoms with E-state index in [1.165, 1.54) is 10.6 Å². The van der Waals surface area contributed by atoms with Crippen molar-refractivity contribution in [3.63, 3.8) is 0 Å². The Morgan fingerprint density at radius 1 is 1.28 bits per heavy atom. The van der Waals surface area contributed by atoms with Crippen LogP contribution in [0.1, 0.15) is 21.5 Å². The second kappa shape index (κ2) is 7.16. The van der Waals surface area contributed by atoms with Crippen molar-refractivity contribution in [1.82, 2.24) is 14.8 Å². The minimum absolute atomic E-state index is 0.0236. The number of carbonyl (C=O) groups is 1. The van der Waals surface area contributed by atoms with Crippen LogP contribution >= 0.6 is 27.5 Å².